The number of halogens is 1. The fourth-order valence-electron chi connectivity index (χ4n) is 4.27. The van der Waals surface area contributed by atoms with E-state index in [1.807, 2.05) is 45.0 Å². The summed E-state index contributed by atoms with van der Waals surface area (Å²) < 4.78 is 16.8. The minimum absolute atomic E-state index is 0.0185. The first-order valence-corrected chi connectivity index (χ1v) is 11.9. The number of ketones is 1. The van der Waals surface area contributed by atoms with Crippen LogP contribution in [0.25, 0.3) is 11.0 Å². The fraction of sp³-hybridized carbons (Fsp3) is 0.333. The number of benzene rings is 2. The van der Waals surface area contributed by atoms with Gasteiger partial charge in [-0.3, -0.25) is 9.59 Å². The Kier molecular flexibility index (Phi) is 7.19. The summed E-state index contributed by atoms with van der Waals surface area (Å²) >= 11 is 6.16. The Bertz CT molecular complexity index is 1290. The molecule has 0 aliphatic carbocycles. The Balaban J connectivity index is 1.77. The first-order valence-electron chi connectivity index (χ1n) is 11.5. The van der Waals surface area contributed by atoms with Gasteiger partial charge in [0.15, 0.2) is 22.9 Å². The SMILES string of the molecule is CCc1ccc(C2C(C(=O)c3cc4cc(Cl)cc(OC)c4o3)=C(O)C(=O)N2CCOC(C)C)cc1. The van der Waals surface area contributed by atoms with Crippen LogP contribution in [-0.2, 0) is 16.0 Å². The maximum atomic E-state index is 13.7. The van der Waals surface area contributed by atoms with E-state index in [-0.39, 0.29) is 30.6 Å². The molecule has 2 heterocycles. The number of ether oxygens (including phenoxy) is 2. The highest BCUT2D eigenvalue weighted by Crippen LogP contribution is 2.40. The van der Waals surface area contributed by atoms with E-state index in [0.29, 0.717) is 27.3 Å². The Morgan fingerprint density at radius 3 is 2.54 bits per heavy atom. The molecule has 2 aromatic carbocycles. The molecule has 1 aliphatic rings. The third-order valence-electron chi connectivity index (χ3n) is 6.03. The minimum Gasteiger partial charge on any atom is -0.503 e. The van der Waals surface area contributed by atoms with E-state index in [2.05, 4.69) is 0 Å². The third kappa shape index (κ3) is 4.79. The van der Waals surface area contributed by atoms with Crippen molar-refractivity contribution in [2.75, 3.05) is 20.3 Å². The number of aliphatic hydroxyl groups excluding tert-OH is 1. The molecule has 7 nitrogen and oxygen atoms in total. The minimum atomic E-state index is -0.782. The number of rotatable bonds is 9. The molecule has 3 aromatic rings. The molecule has 0 saturated heterocycles. The van der Waals surface area contributed by atoms with Crippen LogP contribution in [0, 0.1) is 0 Å². The molecule has 0 radical (unpaired) electrons. The van der Waals surface area contributed by atoms with Crippen molar-refractivity contribution in [2.45, 2.75) is 39.3 Å². The van der Waals surface area contributed by atoms with Crippen molar-refractivity contribution in [3.63, 3.8) is 0 Å². The van der Waals surface area contributed by atoms with Crippen LogP contribution in [0.3, 0.4) is 0 Å². The number of aryl methyl sites for hydroxylation is 1. The third-order valence-corrected chi connectivity index (χ3v) is 6.24. The van der Waals surface area contributed by atoms with Crippen LogP contribution >= 0.6 is 11.6 Å². The number of carbonyl (C=O) groups is 2. The molecule has 1 N–H and O–H groups in total. The van der Waals surface area contributed by atoms with Crippen molar-refractivity contribution in [3.05, 3.63) is 75.7 Å². The van der Waals surface area contributed by atoms with Crippen LogP contribution in [0.2, 0.25) is 5.02 Å². The molecule has 1 atom stereocenters. The number of Topliss-reactive ketones (excluding diaryl/α,β-unsaturated/α-hetero) is 1. The van der Waals surface area contributed by atoms with Gasteiger partial charge in [-0.25, -0.2) is 0 Å². The highest BCUT2D eigenvalue weighted by atomic mass is 35.5. The Hall–Kier alpha value is -3.29. The lowest BCUT2D eigenvalue weighted by atomic mass is 9.94. The largest absolute Gasteiger partial charge is 0.503 e. The number of hydrogen-bond acceptors (Lipinski definition) is 6. The molecule has 4 rings (SSSR count). The molecule has 35 heavy (non-hydrogen) atoms. The summed E-state index contributed by atoms with van der Waals surface area (Å²) in [4.78, 5) is 28.3. The smallest absolute Gasteiger partial charge is 0.290 e. The van der Waals surface area contributed by atoms with Crippen LogP contribution in [-0.4, -0.2) is 48.1 Å². The second kappa shape index (κ2) is 10.1. The lowest BCUT2D eigenvalue weighted by Crippen LogP contribution is -2.34. The maximum absolute atomic E-state index is 13.7. The summed E-state index contributed by atoms with van der Waals surface area (Å²) in [6.45, 7) is 6.33. The Labute approximate surface area is 208 Å². The van der Waals surface area contributed by atoms with Crippen LogP contribution < -0.4 is 4.74 Å². The molecule has 0 saturated carbocycles. The van der Waals surface area contributed by atoms with Crippen molar-refractivity contribution in [1.29, 1.82) is 0 Å². The van der Waals surface area contributed by atoms with Crippen molar-refractivity contribution in [1.82, 2.24) is 4.90 Å². The fourth-order valence-corrected chi connectivity index (χ4v) is 4.48. The summed E-state index contributed by atoms with van der Waals surface area (Å²) in [6, 6.07) is 11.7. The summed E-state index contributed by atoms with van der Waals surface area (Å²) in [7, 11) is 1.48. The van der Waals surface area contributed by atoms with Gasteiger partial charge in [0.2, 0.25) is 5.78 Å². The molecule has 1 aliphatic heterocycles. The van der Waals surface area contributed by atoms with E-state index in [1.165, 1.54) is 12.0 Å². The lowest BCUT2D eigenvalue weighted by Gasteiger charge is -2.27. The molecule has 184 valence electrons. The van der Waals surface area contributed by atoms with Crippen molar-refractivity contribution in [3.8, 4) is 5.75 Å². The van der Waals surface area contributed by atoms with Gasteiger partial charge < -0.3 is 23.9 Å². The highest BCUT2D eigenvalue weighted by Gasteiger charge is 2.44. The second-order valence-corrected chi connectivity index (χ2v) is 9.08. The average molecular weight is 498 g/mol. The van der Waals surface area contributed by atoms with E-state index in [9.17, 15) is 14.7 Å². The van der Waals surface area contributed by atoms with Crippen LogP contribution in [0.15, 0.2) is 58.2 Å². The average Bonchev–Trinajstić information content (AvgIpc) is 3.37. The standard InChI is InChI=1S/C27H28ClNO6/c1-5-16-6-8-17(9-7-16)23-22(25(31)27(32)29(23)10-11-34-15(2)3)24(30)20-13-18-12-19(28)14-21(33-4)26(18)35-20/h6-9,12-15,23,31H,5,10-11H2,1-4H3. The summed E-state index contributed by atoms with van der Waals surface area (Å²) in [5.41, 5.74) is 2.16. The van der Waals surface area contributed by atoms with E-state index in [4.69, 9.17) is 25.5 Å². The van der Waals surface area contributed by atoms with Gasteiger partial charge in [-0.1, -0.05) is 42.8 Å². The normalized spacial score (nSPS) is 16.1. The van der Waals surface area contributed by atoms with E-state index in [0.717, 1.165) is 12.0 Å². The monoisotopic (exact) mass is 497 g/mol. The van der Waals surface area contributed by atoms with Gasteiger partial charge in [-0.2, -0.15) is 0 Å². The van der Waals surface area contributed by atoms with E-state index in [1.54, 1.807) is 18.2 Å². The first kappa shape index (κ1) is 24.8. The first-order chi connectivity index (χ1) is 16.7. The maximum Gasteiger partial charge on any atom is 0.290 e. The van der Waals surface area contributed by atoms with Crippen molar-refractivity contribution in [2.24, 2.45) is 0 Å². The number of hydrogen-bond donors (Lipinski definition) is 1. The van der Waals surface area contributed by atoms with Gasteiger partial charge in [0.1, 0.15) is 0 Å². The Morgan fingerprint density at radius 2 is 1.91 bits per heavy atom. The molecule has 0 spiro atoms. The predicted molar refractivity (Wildman–Crippen MR) is 133 cm³/mol. The van der Waals surface area contributed by atoms with Gasteiger partial charge in [-0.05, 0) is 43.5 Å². The quantitative estimate of drug-likeness (QED) is 0.384. The summed E-state index contributed by atoms with van der Waals surface area (Å²) in [6.07, 6.45) is 0.835. The number of carbonyl (C=O) groups excluding carboxylic acids is 2. The zero-order valence-corrected chi connectivity index (χ0v) is 20.9. The molecule has 1 unspecified atom stereocenters. The molecule has 8 heteroatoms. The Morgan fingerprint density at radius 1 is 1.20 bits per heavy atom. The number of amides is 1. The van der Waals surface area contributed by atoms with Crippen molar-refractivity contribution >= 4 is 34.3 Å². The topological polar surface area (TPSA) is 89.2 Å². The molecule has 1 aromatic heterocycles. The molecule has 1 amide bonds. The van der Waals surface area contributed by atoms with Gasteiger partial charge in [0, 0.05) is 23.0 Å². The second-order valence-electron chi connectivity index (χ2n) is 8.64. The molecular weight excluding hydrogens is 470 g/mol. The number of methoxy groups -OCH3 is 1. The van der Waals surface area contributed by atoms with Gasteiger partial charge in [0.25, 0.3) is 5.91 Å². The number of fused-ring (bicyclic) bond motifs is 1. The summed E-state index contributed by atoms with van der Waals surface area (Å²) in [5, 5.41) is 11.9. The predicted octanol–water partition coefficient (Wildman–Crippen LogP) is 5.66. The van der Waals surface area contributed by atoms with Gasteiger partial charge >= 0.3 is 0 Å². The van der Waals surface area contributed by atoms with Crippen LogP contribution in [0.4, 0.5) is 0 Å². The number of furan rings is 1. The van der Waals surface area contributed by atoms with Crippen LogP contribution in [0.5, 0.6) is 5.75 Å². The van der Waals surface area contributed by atoms with Gasteiger partial charge in [-0.15, -0.1) is 0 Å². The lowest BCUT2D eigenvalue weighted by molar-refractivity contribution is -0.130. The molecule has 0 fully saturated rings. The molecule has 0 bridgehead atoms. The van der Waals surface area contributed by atoms with Crippen LogP contribution in [0.1, 0.15) is 48.5 Å². The zero-order chi connectivity index (χ0) is 25.3. The number of aliphatic hydroxyl groups is 1. The highest BCUT2D eigenvalue weighted by molar-refractivity contribution is 6.31. The zero-order valence-electron chi connectivity index (χ0n) is 20.1. The van der Waals surface area contributed by atoms with E-state index >= 15 is 0 Å². The molecular formula is C27H28ClNO6. The number of nitrogens with zero attached hydrogens (tertiary/aromatic N) is 1. The van der Waals surface area contributed by atoms with E-state index < -0.39 is 23.5 Å². The van der Waals surface area contributed by atoms with Gasteiger partial charge in [0.05, 0.1) is 31.4 Å². The van der Waals surface area contributed by atoms with Crippen molar-refractivity contribution < 1.29 is 28.6 Å². The summed E-state index contributed by atoms with van der Waals surface area (Å²) in [5.74, 6) is -1.43.